The number of hydrogen-bond acceptors (Lipinski definition) is 4. The van der Waals surface area contributed by atoms with Crippen molar-refractivity contribution in [1.82, 2.24) is 9.55 Å². The summed E-state index contributed by atoms with van der Waals surface area (Å²) in [5.74, 6) is -3.19. The summed E-state index contributed by atoms with van der Waals surface area (Å²) in [4.78, 5) is 29.2. The zero-order valence-electron chi connectivity index (χ0n) is 13.4. The summed E-state index contributed by atoms with van der Waals surface area (Å²) in [7, 11) is 0. The van der Waals surface area contributed by atoms with Crippen LogP contribution in [0.15, 0.2) is 35.1 Å². The highest BCUT2D eigenvalue weighted by Crippen LogP contribution is 2.24. The maximum Gasteiger partial charge on any atom is 0.262 e. The molecule has 0 fully saturated rings. The molecule has 132 valence electrons. The molecule has 0 radical (unpaired) electrons. The summed E-state index contributed by atoms with van der Waals surface area (Å²) in [5, 5.41) is 12.4. The van der Waals surface area contributed by atoms with Crippen LogP contribution in [-0.4, -0.2) is 20.6 Å². The lowest BCUT2D eigenvalue weighted by Crippen LogP contribution is -2.21. The molecule has 0 saturated carbocycles. The molecule has 1 aliphatic heterocycles. The summed E-state index contributed by atoms with van der Waals surface area (Å²) >= 11 is 0. The smallest absolute Gasteiger partial charge is 0.262 e. The van der Waals surface area contributed by atoms with E-state index in [0.29, 0.717) is 29.6 Å². The Bertz CT molecular complexity index is 1100. The molecule has 2 aromatic carbocycles. The lowest BCUT2D eigenvalue weighted by molar-refractivity contribution is 0.102. The zero-order valence-corrected chi connectivity index (χ0v) is 13.4. The molecule has 1 aliphatic rings. The second-order valence-electron chi connectivity index (χ2n) is 6.06. The standard InChI is InChI=1S/C18H13F2N3O3/c19-9-6-12(20)16(14(24)7-9)17(25)21-10-3-4-13-11(8-10)18(26)23-5-1-2-15(23)22-13/h3-4,6-8,24H,1-2,5H2,(H,21,25). The maximum atomic E-state index is 13.8. The minimum Gasteiger partial charge on any atom is -0.507 e. The lowest BCUT2D eigenvalue weighted by Gasteiger charge is -2.10. The van der Waals surface area contributed by atoms with Crippen molar-refractivity contribution < 1.29 is 18.7 Å². The fourth-order valence-corrected chi connectivity index (χ4v) is 3.14. The predicted octanol–water partition coefficient (Wildman–Crippen LogP) is 2.58. The van der Waals surface area contributed by atoms with Crippen molar-refractivity contribution in [3.8, 4) is 5.75 Å². The number of nitrogens with zero attached hydrogens (tertiary/aromatic N) is 2. The fourth-order valence-electron chi connectivity index (χ4n) is 3.14. The first-order valence-electron chi connectivity index (χ1n) is 7.97. The molecule has 8 heteroatoms. The van der Waals surface area contributed by atoms with Crippen LogP contribution < -0.4 is 10.9 Å². The summed E-state index contributed by atoms with van der Waals surface area (Å²) < 4.78 is 28.5. The van der Waals surface area contributed by atoms with Gasteiger partial charge in [0, 0.05) is 30.8 Å². The first-order chi connectivity index (χ1) is 12.4. The first-order valence-corrected chi connectivity index (χ1v) is 7.97. The number of rotatable bonds is 2. The van der Waals surface area contributed by atoms with E-state index in [-0.39, 0.29) is 11.2 Å². The molecule has 4 rings (SSSR count). The van der Waals surface area contributed by atoms with Gasteiger partial charge in [-0.3, -0.25) is 14.2 Å². The van der Waals surface area contributed by atoms with Gasteiger partial charge in [0.25, 0.3) is 11.5 Å². The topological polar surface area (TPSA) is 84.2 Å². The Labute approximate surface area is 145 Å². The van der Waals surface area contributed by atoms with E-state index in [2.05, 4.69) is 10.3 Å². The number of aryl methyl sites for hydroxylation is 1. The van der Waals surface area contributed by atoms with Gasteiger partial charge in [0.15, 0.2) is 0 Å². The van der Waals surface area contributed by atoms with Crippen molar-refractivity contribution in [2.75, 3.05) is 5.32 Å². The number of fused-ring (bicyclic) bond motifs is 2. The molecule has 3 aromatic rings. The van der Waals surface area contributed by atoms with Crippen LogP contribution in [0.25, 0.3) is 10.9 Å². The molecule has 0 bridgehead atoms. The van der Waals surface area contributed by atoms with Crippen LogP contribution in [0.4, 0.5) is 14.5 Å². The van der Waals surface area contributed by atoms with Crippen LogP contribution in [0, 0.1) is 11.6 Å². The van der Waals surface area contributed by atoms with Gasteiger partial charge in [-0.05, 0) is 24.6 Å². The highest BCUT2D eigenvalue weighted by atomic mass is 19.1. The third-order valence-corrected chi connectivity index (χ3v) is 4.33. The van der Waals surface area contributed by atoms with Crippen LogP contribution in [-0.2, 0) is 13.0 Å². The van der Waals surface area contributed by atoms with Crippen molar-refractivity contribution in [3.05, 3.63) is 63.7 Å². The molecular weight excluding hydrogens is 344 g/mol. The lowest BCUT2D eigenvalue weighted by atomic mass is 10.1. The van der Waals surface area contributed by atoms with Gasteiger partial charge in [0.1, 0.15) is 28.8 Å². The average molecular weight is 357 g/mol. The molecule has 1 amide bonds. The van der Waals surface area contributed by atoms with Gasteiger partial charge >= 0.3 is 0 Å². The first kappa shape index (κ1) is 16.2. The number of phenolic OH excluding ortho intramolecular Hbond substituents is 1. The molecule has 1 aromatic heterocycles. The number of amides is 1. The van der Waals surface area contributed by atoms with E-state index < -0.39 is 28.9 Å². The van der Waals surface area contributed by atoms with Crippen LogP contribution >= 0.6 is 0 Å². The van der Waals surface area contributed by atoms with Crippen LogP contribution in [0.2, 0.25) is 0 Å². The molecule has 0 aliphatic carbocycles. The summed E-state index contributed by atoms with van der Waals surface area (Å²) in [6.07, 6.45) is 1.60. The van der Waals surface area contributed by atoms with Crippen molar-refractivity contribution in [1.29, 1.82) is 0 Å². The highest BCUT2D eigenvalue weighted by molar-refractivity contribution is 6.07. The van der Waals surface area contributed by atoms with Crippen LogP contribution in [0.3, 0.4) is 0 Å². The second kappa shape index (κ2) is 5.91. The largest absolute Gasteiger partial charge is 0.507 e. The minimum atomic E-state index is -1.18. The summed E-state index contributed by atoms with van der Waals surface area (Å²) in [5.41, 5.74) is -0.121. The van der Waals surface area contributed by atoms with Crippen molar-refractivity contribution in [2.45, 2.75) is 19.4 Å². The Balaban J connectivity index is 1.72. The maximum absolute atomic E-state index is 13.8. The van der Waals surface area contributed by atoms with E-state index in [4.69, 9.17) is 0 Å². The Hall–Kier alpha value is -3.29. The third-order valence-electron chi connectivity index (χ3n) is 4.33. The summed E-state index contributed by atoms with van der Waals surface area (Å²) in [6.45, 7) is 0.600. The number of halogens is 2. The van der Waals surface area contributed by atoms with E-state index in [1.165, 1.54) is 12.1 Å². The van der Waals surface area contributed by atoms with Gasteiger partial charge in [-0.2, -0.15) is 0 Å². The second-order valence-corrected chi connectivity index (χ2v) is 6.06. The van der Waals surface area contributed by atoms with Gasteiger partial charge in [-0.15, -0.1) is 0 Å². The fraction of sp³-hybridized carbons (Fsp3) is 0.167. The molecule has 2 N–H and O–H groups in total. The summed E-state index contributed by atoms with van der Waals surface area (Å²) in [6, 6.07) is 5.73. The van der Waals surface area contributed by atoms with Gasteiger partial charge in [0.05, 0.1) is 10.9 Å². The number of benzene rings is 2. The Morgan fingerprint density at radius 3 is 2.81 bits per heavy atom. The van der Waals surface area contributed by atoms with E-state index in [9.17, 15) is 23.5 Å². The average Bonchev–Trinajstić information content (AvgIpc) is 3.03. The van der Waals surface area contributed by atoms with Crippen molar-refractivity contribution >= 4 is 22.5 Å². The number of hydrogen-bond donors (Lipinski definition) is 2. The van der Waals surface area contributed by atoms with Crippen LogP contribution in [0.5, 0.6) is 5.75 Å². The number of carbonyl (C=O) groups is 1. The number of nitrogens with one attached hydrogen (secondary N) is 1. The Morgan fingerprint density at radius 2 is 2.04 bits per heavy atom. The predicted molar refractivity (Wildman–Crippen MR) is 90.3 cm³/mol. The number of aromatic hydroxyl groups is 1. The third kappa shape index (κ3) is 2.59. The molecular formula is C18H13F2N3O3. The molecule has 0 unspecified atom stereocenters. The molecule has 2 heterocycles. The van der Waals surface area contributed by atoms with E-state index >= 15 is 0 Å². The van der Waals surface area contributed by atoms with Gasteiger partial charge < -0.3 is 10.4 Å². The molecule has 0 spiro atoms. The number of phenols is 1. The normalized spacial score (nSPS) is 13.0. The molecule has 26 heavy (non-hydrogen) atoms. The monoisotopic (exact) mass is 357 g/mol. The highest BCUT2D eigenvalue weighted by Gasteiger charge is 2.20. The zero-order chi connectivity index (χ0) is 18.4. The van der Waals surface area contributed by atoms with Gasteiger partial charge in [-0.1, -0.05) is 0 Å². The molecule has 6 nitrogen and oxygen atoms in total. The Kier molecular flexibility index (Phi) is 3.68. The van der Waals surface area contributed by atoms with Gasteiger partial charge in [0.2, 0.25) is 0 Å². The SMILES string of the molecule is O=C(Nc1ccc2nc3n(c(=O)c2c1)CCC3)c1c(O)cc(F)cc1F. The number of carbonyl (C=O) groups excluding carboxylic acids is 1. The van der Waals surface area contributed by atoms with E-state index in [0.717, 1.165) is 18.7 Å². The van der Waals surface area contributed by atoms with Crippen molar-refractivity contribution in [2.24, 2.45) is 0 Å². The van der Waals surface area contributed by atoms with E-state index in [1.807, 2.05) is 0 Å². The van der Waals surface area contributed by atoms with Crippen LogP contribution in [0.1, 0.15) is 22.6 Å². The number of anilines is 1. The van der Waals surface area contributed by atoms with Crippen molar-refractivity contribution in [3.63, 3.8) is 0 Å². The Morgan fingerprint density at radius 1 is 1.23 bits per heavy atom. The number of aromatic nitrogens is 2. The molecule has 0 atom stereocenters. The van der Waals surface area contributed by atoms with E-state index in [1.54, 1.807) is 10.6 Å². The minimum absolute atomic E-state index is 0.200. The molecule has 0 saturated heterocycles. The van der Waals surface area contributed by atoms with Gasteiger partial charge in [-0.25, -0.2) is 13.8 Å². The quantitative estimate of drug-likeness (QED) is 0.738.